The summed E-state index contributed by atoms with van der Waals surface area (Å²) < 4.78 is 9.29. The SMILES string of the molecule is CCN(CCC(=O)OC)Cc1ccc(C(=O)OC)cc1. The fourth-order valence-corrected chi connectivity index (χ4v) is 1.82. The number of nitrogens with zero attached hydrogens (tertiary/aromatic N) is 1. The minimum absolute atomic E-state index is 0.204. The maximum Gasteiger partial charge on any atom is 0.337 e. The van der Waals surface area contributed by atoms with E-state index < -0.39 is 0 Å². The molecule has 0 amide bonds. The van der Waals surface area contributed by atoms with Crippen LogP contribution in [0.3, 0.4) is 0 Å². The summed E-state index contributed by atoms with van der Waals surface area (Å²) in [6.45, 7) is 4.27. The van der Waals surface area contributed by atoms with Crippen LogP contribution >= 0.6 is 0 Å². The third kappa shape index (κ3) is 5.01. The number of rotatable bonds is 7. The van der Waals surface area contributed by atoms with Gasteiger partial charge in [0.05, 0.1) is 26.2 Å². The molecule has 0 aliphatic heterocycles. The van der Waals surface area contributed by atoms with Crippen LogP contribution in [0.2, 0.25) is 0 Å². The molecule has 0 atom stereocenters. The largest absolute Gasteiger partial charge is 0.469 e. The number of carbonyl (C=O) groups is 2. The molecule has 20 heavy (non-hydrogen) atoms. The zero-order chi connectivity index (χ0) is 15.0. The van der Waals surface area contributed by atoms with Crippen LogP contribution in [-0.2, 0) is 20.8 Å². The monoisotopic (exact) mass is 279 g/mol. The lowest BCUT2D eigenvalue weighted by atomic mass is 10.1. The van der Waals surface area contributed by atoms with Gasteiger partial charge in [0.2, 0.25) is 0 Å². The molecule has 5 heteroatoms. The predicted octanol–water partition coefficient (Wildman–Crippen LogP) is 1.86. The Morgan fingerprint density at radius 1 is 1.10 bits per heavy atom. The molecule has 0 saturated heterocycles. The van der Waals surface area contributed by atoms with Gasteiger partial charge in [-0.1, -0.05) is 19.1 Å². The molecule has 0 N–H and O–H groups in total. The van der Waals surface area contributed by atoms with E-state index in [-0.39, 0.29) is 11.9 Å². The molecule has 1 aromatic rings. The summed E-state index contributed by atoms with van der Waals surface area (Å²) >= 11 is 0. The van der Waals surface area contributed by atoms with E-state index in [0.29, 0.717) is 18.5 Å². The van der Waals surface area contributed by atoms with Crippen molar-refractivity contribution in [3.63, 3.8) is 0 Å². The molecule has 1 rings (SSSR count). The highest BCUT2D eigenvalue weighted by Gasteiger charge is 2.09. The van der Waals surface area contributed by atoms with Crippen LogP contribution in [0, 0.1) is 0 Å². The van der Waals surface area contributed by atoms with Gasteiger partial charge in [-0.15, -0.1) is 0 Å². The van der Waals surface area contributed by atoms with E-state index >= 15 is 0 Å². The second-order valence-corrected chi connectivity index (χ2v) is 4.38. The van der Waals surface area contributed by atoms with Crippen molar-refractivity contribution in [2.24, 2.45) is 0 Å². The van der Waals surface area contributed by atoms with E-state index in [4.69, 9.17) is 0 Å². The van der Waals surface area contributed by atoms with Crippen molar-refractivity contribution in [3.8, 4) is 0 Å². The number of methoxy groups -OCH3 is 2. The van der Waals surface area contributed by atoms with Crippen LogP contribution in [0.4, 0.5) is 0 Å². The van der Waals surface area contributed by atoms with E-state index in [1.807, 2.05) is 19.1 Å². The molecule has 0 radical (unpaired) electrons. The van der Waals surface area contributed by atoms with Crippen molar-refractivity contribution in [2.75, 3.05) is 27.3 Å². The maximum atomic E-state index is 11.3. The Balaban J connectivity index is 2.57. The van der Waals surface area contributed by atoms with Crippen molar-refractivity contribution in [3.05, 3.63) is 35.4 Å². The van der Waals surface area contributed by atoms with Gasteiger partial charge in [0, 0.05) is 13.1 Å². The Morgan fingerprint density at radius 3 is 2.25 bits per heavy atom. The minimum Gasteiger partial charge on any atom is -0.469 e. The summed E-state index contributed by atoms with van der Waals surface area (Å²) in [5.41, 5.74) is 1.62. The second-order valence-electron chi connectivity index (χ2n) is 4.38. The van der Waals surface area contributed by atoms with Gasteiger partial charge in [-0.05, 0) is 24.2 Å². The van der Waals surface area contributed by atoms with Crippen molar-refractivity contribution in [1.82, 2.24) is 4.90 Å². The molecular weight excluding hydrogens is 258 g/mol. The quantitative estimate of drug-likeness (QED) is 0.713. The summed E-state index contributed by atoms with van der Waals surface area (Å²) in [7, 11) is 2.76. The molecule has 0 unspecified atom stereocenters. The van der Waals surface area contributed by atoms with Crippen LogP contribution in [0.15, 0.2) is 24.3 Å². The molecule has 0 aromatic heterocycles. The first kappa shape index (κ1) is 16.2. The lowest BCUT2D eigenvalue weighted by Crippen LogP contribution is -2.26. The number of esters is 2. The molecule has 0 aliphatic carbocycles. The topological polar surface area (TPSA) is 55.8 Å². The molecule has 1 aromatic carbocycles. The lowest BCUT2D eigenvalue weighted by Gasteiger charge is -2.19. The van der Waals surface area contributed by atoms with Gasteiger partial charge in [0.1, 0.15) is 0 Å². The highest BCUT2D eigenvalue weighted by atomic mass is 16.5. The average Bonchev–Trinajstić information content (AvgIpc) is 2.50. The molecule has 0 spiro atoms. The molecule has 110 valence electrons. The van der Waals surface area contributed by atoms with Crippen molar-refractivity contribution in [2.45, 2.75) is 19.9 Å². The van der Waals surface area contributed by atoms with Gasteiger partial charge < -0.3 is 9.47 Å². The summed E-state index contributed by atoms with van der Waals surface area (Å²) in [5.74, 6) is -0.543. The summed E-state index contributed by atoms with van der Waals surface area (Å²) in [5, 5.41) is 0. The molecule has 0 bridgehead atoms. The third-order valence-corrected chi connectivity index (χ3v) is 3.09. The van der Waals surface area contributed by atoms with Crippen molar-refractivity contribution >= 4 is 11.9 Å². The standard InChI is InChI=1S/C15H21NO4/c1-4-16(10-9-14(17)19-2)11-12-5-7-13(8-6-12)15(18)20-3/h5-8H,4,9-11H2,1-3H3. The summed E-state index contributed by atoms with van der Waals surface area (Å²) in [6, 6.07) is 7.28. The van der Waals surface area contributed by atoms with Crippen LogP contribution < -0.4 is 0 Å². The number of benzene rings is 1. The number of hydrogen-bond donors (Lipinski definition) is 0. The third-order valence-electron chi connectivity index (χ3n) is 3.09. The lowest BCUT2D eigenvalue weighted by molar-refractivity contribution is -0.141. The van der Waals surface area contributed by atoms with Crippen LogP contribution in [0.1, 0.15) is 29.3 Å². The van der Waals surface area contributed by atoms with E-state index in [1.54, 1.807) is 12.1 Å². The van der Waals surface area contributed by atoms with Crippen LogP contribution in [0.5, 0.6) is 0 Å². The summed E-state index contributed by atoms with van der Waals surface area (Å²) in [6.07, 6.45) is 0.380. The zero-order valence-corrected chi connectivity index (χ0v) is 12.2. The molecule has 0 saturated carbocycles. The van der Waals surface area contributed by atoms with Gasteiger partial charge >= 0.3 is 11.9 Å². The Bertz CT molecular complexity index is 442. The fraction of sp³-hybridized carbons (Fsp3) is 0.467. The Hall–Kier alpha value is -1.88. The van der Waals surface area contributed by atoms with E-state index in [0.717, 1.165) is 18.7 Å². The first-order chi connectivity index (χ1) is 9.60. The molecular formula is C15H21NO4. The summed E-state index contributed by atoms with van der Waals surface area (Å²) in [4.78, 5) is 24.6. The van der Waals surface area contributed by atoms with E-state index in [2.05, 4.69) is 14.4 Å². The highest BCUT2D eigenvalue weighted by Crippen LogP contribution is 2.09. The van der Waals surface area contributed by atoms with Gasteiger partial charge in [-0.25, -0.2) is 4.79 Å². The van der Waals surface area contributed by atoms with Gasteiger partial charge in [-0.3, -0.25) is 9.69 Å². The predicted molar refractivity (Wildman–Crippen MR) is 75.4 cm³/mol. The minimum atomic E-state index is -0.338. The van der Waals surface area contributed by atoms with Crippen molar-refractivity contribution < 1.29 is 19.1 Å². The number of ether oxygens (including phenoxy) is 2. The molecule has 0 fully saturated rings. The van der Waals surface area contributed by atoms with Crippen LogP contribution in [0.25, 0.3) is 0 Å². The Labute approximate surface area is 119 Å². The van der Waals surface area contributed by atoms with E-state index in [1.165, 1.54) is 14.2 Å². The van der Waals surface area contributed by atoms with Gasteiger partial charge in [0.25, 0.3) is 0 Å². The zero-order valence-electron chi connectivity index (χ0n) is 12.2. The maximum absolute atomic E-state index is 11.3. The average molecular weight is 279 g/mol. The first-order valence-corrected chi connectivity index (χ1v) is 6.57. The normalized spacial score (nSPS) is 10.4. The first-order valence-electron chi connectivity index (χ1n) is 6.57. The van der Waals surface area contributed by atoms with E-state index in [9.17, 15) is 9.59 Å². The van der Waals surface area contributed by atoms with Gasteiger partial charge in [0.15, 0.2) is 0 Å². The highest BCUT2D eigenvalue weighted by molar-refractivity contribution is 5.89. The van der Waals surface area contributed by atoms with Gasteiger partial charge in [-0.2, -0.15) is 0 Å². The smallest absolute Gasteiger partial charge is 0.337 e. The molecule has 0 aliphatic rings. The number of carbonyl (C=O) groups excluding carboxylic acids is 2. The molecule has 5 nitrogen and oxygen atoms in total. The fourth-order valence-electron chi connectivity index (χ4n) is 1.82. The second kappa shape index (κ2) is 8.32. The number of hydrogen-bond acceptors (Lipinski definition) is 5. The Kier molecular flexibility index (Phi) is 6.73. The van der Waals surface area contributed by atoms with Crippen molar-refractivity contribution in [1.29, 1.82) is 0 Å². The Morgan fingerprint density at radius 2 is 1.75 bits per heavy atom. The van der Waals surface area contributed by atoms with Crippen LogP contribution in [-0.4, -0.2) is 44.1 Å². The molecule has 0 heterocycles.